The Morgan fingerprint density at radius 2 is 1.32 bits per heavy atom. The van der Waals surface area contributed by atoms with Crippen LogP contribution in [-0.2, 0) is 0 Å². The van der Waals surface area contributed by atoms with Crippen LogP contribution in [0.3, 0.4) is 0 Å². The van der Waals surface area contributed by atoms with Crippen LogP contribution in [0.5, 0.6) is 0 Å². The van der Waals surface area contributed by atoms with Gasteiger partial charge >= 0.3 is 0 Å². The van der Waals surface area contributed by atoms with Crippen molar-refractivity contribution in [1.29, 1.82) is 0 Å². The van der Waals surface area contributed by atoms with Crippen molar-refractivity contribution in [2.24, 2.45) is 0 Å². The largest absolute Gasteiger partial charge is 0.306 e. The van der Waals surface area contributed by atoms with E-state index in [0.717, 1.165) is 28.1 Å². The lowest BCUT2D eigenvalue weighted by Crippen LogP contribution is -2.00. The van der Waals surface area contributed by atoms with Crippen LogP contribution < -0.4 is 0 Å². The van der Waals surface area contributed by atoms with Gasteiger partial charge in [-0.15, -0.1) is 0 Å². The predicted molar refractivity (Wildman–Crippen MR) is 95.3 cm³/mol. The zero-order chi connectivity index (χ0) is 16.6. The van der Waals surface area contributed by atoms with E-state index in [-0.39, 0.29) is 0 Å². The fourth-order valence-corrected chi connectivity index (χ4v) is 3.01. The molecule has 0 spiro atoms. The van der Waals surface area contributed by atoms with Crippen LogP contribution in [0, 0.1) is 0 Å². The number of fused-ring (bicyclic) bond motifs is 1. The average Bonchev–Trinajstić information content (AvgIpc) is 3.42. The summed E-state index contributed by atoms with van der Waals surface area (Å²) in [5.74, 6) is 0. The zero-order valence-electron chi connectivity index (χ0n) is 13.3. The Morgan fingerprint density at radius 3 is 1.96 bits per heavy atom. The normalized spacial score (nSPS) is 11.2. The summed E-state index contributed by atoms with van der Waals surface area (Å²) in [6.45, 7) is 0. The van der Waals surface area contributed by atoms with Gasteiger partial charge in [0.05, 0.1) is 40.8 Å². The van der Waals surface area contributed by atoms with Crippen LogP contribution in [0.25, 0.3) is 28.1 Å². The molecule has 5 rings (SSSR count). The van der Waals surface area contributed by atoms with Crippen LogP contribution in [-0.4, -0.2) is 28.7 Å². The summed E-state index contributed by atoms with van der Waals surface area (Å²) in [5, 5.41) is 0. The molecular weight excluding hydrogens is 312 g/mol. The van der Waals surface area contributed by atoms with Crippen LogP contribution in [0.1, 0.15) is 0 Å². The first-order valence-electron chi connectivity index (χ1n) is 7.93. The molecule has 0 aliphatic carbocycles. The number of aromatic nitrogens is 6. The SMILES string of the molecule is c1ccc2c(c1)ncn2-c1cc(-n2ccnc2)cc(-n2ccnc2)c1. The van der Waals surface area contributed by atoms with Crippen molar-refractivity contribution in [1.82, 2.24) is 28.7 Å². The molecule has 5 aromatic rings. The van der Waals surface area contributed by atoms with Crippen molar-refractivity contribution in [3.05, 3.63) is 86.2 Å². The monoisotopic (exact) mass is 326 g/mol. The van der Waals surface area contributed by atoms with Gasteiger partial charge in [0.15, 0.2) is 0 Å². The zero-order valence-corrected chi connectivity index (χ0v) is 13.3. The molecule has 0 unspecified atom stereocenters. The highest BCUT2D eigenvalue weighted by Gasteiger charge is 2.09. The van der Waals surface area contributed by atoms with E-state index in [1.165, 1.54) is 0 Å². The summed E-state index contributed by atoms with van der Waals surface area (Å²) in [7, 11) is 0. The smallest absolute Gasteiger partial charge is 0.100 e. The van der Waals surface area contributed by atoms with Crippen molar-refractivity contribution in [2.45, 2.75) is 0 Å². The first kappa shape index (κ1) is 13.7. The Balaban J connectivity index is 1.76. The van der Waals surface area contributed by atoms with Gasteiger partial charge in [-0.25, -0.2) is 15.0 Å². The molecule has 0 aliphatic heterocycles. The molecule has 3 heterocycles. The third-order valence-electron chi connectivity index (χ3n) is 4.22. The highest BCUT2D eigenvalue weighted by Crippen LogP contribution is 2.24. The second-order valence-corrected chi connectivity index (χ2v) is 5.75. The van der Waals surface area contributed by atoms with Gasteiger partial charge in [0, 0.05) is 24.8 Å². The molecule has 120 valence electrons. The van der Waals surface area contributed by atoms with Gasteiger partial charge in [-0.2, -0.15) is 0 Å². The molecule has 6 nitrogen and oxygen atoms in total. The number of benzene rings is 2. The third-order valence-corrected chi connectivity index (χ3v) is 4.22. The molecule has 0 radical (unpaired) electrons. The van der Waals surface area contributed by atoms with E-state index < -0.39 is 0 Å². The van der Waals surface area contributed by atoms with Gasteiger partial charge in [-0.05, 0) is 30.3 Å². The molecular formula is C19H14N6. The molecule has 0 N–H and O–H groups in total. The fourth-order valence-electron chi connectivity index (χ4n) is 3.01. The molecule has 6 heteroatoms. The quantitative estimate of drug-likeness (QED) is 0.510. The van der Waals surface area contributed by atoms with Crippen LogP contribution in [0.4, 0.5) is 0 Å². The molecule has 0 saturated carbocycles. The lowest BCUT2D eigenvalue weighted by atomic mass is 10.2. The highest BCUT2D eigenvalue weighted by molar-refractivity contribution is 5.77. The van der Waals surface area contributed by atoms with E-state index in [2.05, 4.69) is 43.8 Å². The number of hydrogen-bond acceptors (Lipinski definition) is 3. The van der Waals surface area contributed by atoms with Crippen LogP contribution in [0.2, 0.25) is 0 Å². The minimum atomic E-state index is 0.972. The number of rotatable bonds is 3. The van der Waals surface area contributed by atoms with E-state index in [1.807, 2.05) is 46.1 Å². The first-order chi connectivity index (χ1) is 12.4. The second-order valence-electron chi connectivity index (χ2n) is 5.75. The Hall–Kier alpha value is -3.67. The molecule has 0 amide bonds. The first-order valence-corrected chi connectivity index (χ1v) is 7.93. The van der Waals surface area contributed by atoms with E-state index in [1.54, 1.807) is 25.0 Å². The minimum Gasteiger partial charge on any atom is -0.306 e. The maximum absolute atomic E-state index is 4.50. The summed E-state index contributed by atoms with van der Waals surface area (Å²) < 4.78 is 6.07. The maximum Gasteiger partial charge on any atom is 0.100 e. The van der Waals surface area contributed by atoms with Gasteiger partial charge in [0.25, 0.3) is 0 Å². The van der Waals surface area contributed by atoms with Crippen molar-refractivity contribution >= 4 is 11.0 Å². The van der Waals surface area contributed by atoms with Crippen LogP contribution >= 0.6 is 0 Å². The molecule has 0 bridgehead atoms. The number of nitrogens with zero attached hydrogens (tertiary/aromatic N) is 6. The Labute approximate surface area is 143 Å². The molecule has 0 atom stereocenters. The van der Waals surface area contributed by atoms with Gasteiger partial charge in [-0.3, -0.25) is 4.57 Å². The molecule has 0 saturated heterocycles. The molecule has 0 aliphatic rings. The van der Waals surface area contributed by atoms with E-state index in [9.17, 15) is 0 Å². The summed E-state index contributed by atoms with van der Waals surface area (Å²) in [6, 6.07) is 14.5. The van der Waals surface area contributed by atoms with Gasteiger partial charge in [0.2, 0.25) is 0 Å². The van der Waals surface area contributed by atoms with E-state index >= 15 is 0 Å². The molecule has 0 fully saturated rings. The lowest BCUT2D eigenvalue weighted by Gasteiger charge is -2.12. The summed E-state index contributed by atoms with van der Waals surface area (Å²) in [4.78, 5) is 12.8. The standard InChI is InChI=1S/C19H14N6/c1-2-4-19-18(3-1)22-14-25(19)17-10-15(23-7-5-20-12-23)9-16(11-17)24-8-6-21-13-24/h1-14H. The summed E-state index contributed by atoms with van der Waals surface area (Å²) >= 11 is 0. The topological polar surface area (TPSA) is 53.5 Å². The molecule has 2 aromatic carbocycles. The van der Waals surface area contributed by atoms with E-state index in [0.29, 0.717) is 0 Å². The second kappa shape index (κ2) is 5.45. The fraction of sp³-hybridized carbons (Fsp3) is 0. The van der Waals surface area contributed by atoms with Crippen molar-refractivity contribution < 1.29 is 0 Å². The van der Waals surface area contributed by atoms with Gasteiger partial charge in [-0.1, -0.05) is 12.1 Å². The molecule has 25 heavy (non-hydrogen) atoms. The van der Waals surface area contributed by atoms with Gasteiger partial charge in [0.1, 0.15) is 6.33 Å². The average molecular weight is 326 g/mol. The Kier molecular flexibility index (Phi) is 3.00. The predicted octanol–water partition coefficient (Wildman–Crippen LogP) is 3.40. The van der Waals surface area contributed by atoms with Gasteiger partial charge < -0.3 is 9.13 Å². The number of para-hydroxylation sites is 2. The number of imidazole rings is 3. The summed E-state index contributed by atoms with van der Waals surface area (Å²) in [5.41, 5.74) is 5.12. The summed E-state index contributed by atoms with van der Waals surface area (Å²) in [6.07, 6.45) is 12.9. The van der Waals surface area contributed by atoms with Crippen molar-refractivity contribution in [2.75, 3.05) is 0 Å². The van der Waals surface area contributed by atoms with Crippen LogP contribution in [0.15, 0.2) is 86.2 Å². The maximum atomic E-state index is 4.50. The lowest BCUT2D eigenvalue weighted by molar-refractivity contribution is 1.00. The van der Waals surface area contributed by atoms with Crippen molar-refractivity contribution in [3.63, 3.8) is 0 Å². The van der Waals surface area contributed by atoms with Crippen molar-refractivity contribution in [3.8, 4) is 17.1 Å². The minimum absolute atomic E-state index is 0.972. The van der Waals surface area contributed by atoms with E-state index in [4.69, 9.17) is 0 Å². The Bertz CT molecular complexity index is 1080. The Morgan fingerprint density at radius 1 is 0.680 bits per heavy atom. The third kappa shape index (κ3) is 2.31. The molecule has 3 aromatic heterocycles. The highest BCUT2D eigenvalue weighted by atomic mass is 15.1. The number of hydrogen-bond donors (Lipinski definition) is 0.